The lowest BCUT2D eigenvalue weighted by atomic mass is 9.82. The van der Waals surface area contributed by atoms with E-state index in [1.807, 2.05) is 0 Å². The molecule has 238 valence electrons. The van der Waals surface area contributed by atoms with E-state index in [4.69, 9.17) is 4.74 Å². The molecule has 3 N–H and O–H groups in total. The molecule has 0 unspecified atom stereocenters. The standard InChI is InChI=1S/C31H25F7N2O4S/c1-44-24-11-4-16(15-2-7-19(41)8-3-15)12-21(24)28(42)40-26-20-9-5-17(30(33,34)35)13-25(20)45-27(26)29(43)39-18-6-10-23(32)22(14-18)31(36,37)38/h4-6,9-15,19,41H,2-3,7-8H2,1H3,(H,39,43)(H,40,42). The van der Waals surface area contributed by atoms with Crippen molar-refractivity contribution in [3.05, 3.63) is 87.5 Å². The molecule has 5 rings (SSSR count). The number of amides is 2. The van der Waals surface area contributed by atoms with Crippen molar-refractivity contribution < 1.29 is 50.2 Å². The summed E-state index contributed by atoms with van der Waals surface area (Å²) in [6.45, 7) is 0. The fourth-order valence-electron chi connectivity index (χ4n) is 5.31. The smallest absolute Gasteiger partial charge is 0.419 e. The second kappa shape index (κ2) is 12.3. The van der Waals surface area contributed by atoms with E-state index in [1.54, 1.807) is 18.2 Å². The maximum absolute atomic E-state index is 13.8. The average Bonchev–Trinajstić information content (AvgIpc) is 3.34. The van der Waals surface area contributed by atoms with Gasteiger partial charge >= 0.3 is 12.4 Å². The number of aliphatic hydroxyl groups is 1. The zero-order valence-corrected chi connectivity index (χ0v) is 24.2. The van der Waals surface area contributed by atoms with Crippen molar-refractivity contribution in [2.75, 3.05) is 17.7 Å². The molecule has 1 fully saturated rings. The molecule has 0 spiro atoms. The van der Waals surface area contributed by atoms with E-state index in [1.165, 1.54) is 7.11 Å². The minimum absolute atomic E-state index is 0.0261. The molecule has 1 aliphatic carbocycles. The van der Waals surface area contributed by atoms with Gasteiger partial charge in [0.25, 0.3) is 11.8 Å². The molecule has 1 aromatic heterocycles. The summed E-state index contributed by atoms with van der Waals surface area (Å²) in [7, 11) is 1.35. The van der Waals surface area contributed by atoms with Crippen molar-refractivity contribution in [2.45, 2.75) is 50.1 Å². The van der Waals surface area contributed by atoms with Gasteiger partial charge in [-0.05, 0) is 79.6 Å². The monoisotopic (exact) mass is 654 g/mol. The Morgan fingerprint density at radius 3 is 2.22 bits per heavy atom. The Kier molecular flexibility index (Phi) is 8.82. The molecule has 1 aliphatic rings. The number of methoxy groups -OCH3 is 1. The van der Waals surface area contributed by atoms with Crippen LogP contribution in [0.15, 0.2) is 54.6 Å². The molecule has 2 amide bonds. The Balaban J connectivity index is 1.53. The van der Waals surface area contributed by atoms with Crippen LogP contribution >= 0.6 is 11.3 Å². The number of ether oxygens (including phenoxy) is 1. The minimum Gasteiger partial charge on any atom is -0.496 e. The fraction of sp³-hybridized carbons (Fsp3) is 0.290. The van der Waals surface area contributed by atoms with E-state index in [0.717, 1.165) is 29.8 Å². The van der Waals surface area contributed by atoms with Gasteiger partial charge in [0.1, 0.15) is 16.4 Å². The summed E-state index contributed by atoms with van der Waals surface area (Å²) in [6.07, 6.45) is -7.60. The lowest BCUT2D eigenvalue weighted by Gasteiger charge is -2.26. The molecule has 14 heteroatoms. The first-order chi connectivity index (χ1) is 21.2. The zero-order valence-electron chi connectivity index (χ0n) is 23.4. The van der Waals surface area contributed by atoms with Crippen LogP contribution in [0.2, 0.25) is 0 Å². The maximum Gasteiger partial charge on any atom is 0.419 e. The molecule has 0 bridgehead atoms. The summed E-state index contributed by atoms with van der Waals surface area (Å²) in [6, 6.07) is 9.48. The van der Waals surface area contributed by atoms with Crippen LogP contribution in [0.25, 0.3) is 10.1 Å². The van der Waals surface area contributed by atoms with Crippen LogP contribution in [0.4, 0.5) is 42.1 Å². The van der Waals surface area contributed by atoms with Crippen molar-refractivity contribution in [3.8, 4) is 5.75 Å². The summed E-state index contributed by atoms with van der Waals surface area (Å²) in [5, 5.41) is 14.8. The van der Waals surface area contributed by atoms with Crippen LogP contribution in [-0.4, -0.2) is 30.1 Å². The number of halogens is 7. The molecule has 0 radical (unpaired) electrons. The number of benzene rings is 3. The molecule has 0 atom stereocenters. The molecule has 1 heterocycles. The Bertz CT molecular complexity index is 1760. The normalized spacial score (nSPS) is 17.3. The van der Waals surface area contributed by atoms with Crippen LogP contribution in [-0.2, 0) is 12.4 Å². The number of anilines is 2. The number of carbonyl (C=O) groups excluding carboxylic acids is 2. The number of aliphatic hydroxyl groups excluding tert-OH is 1. The highest BCUT2D eigenvalue weighted by Gasteiger charge is 2.35. The summed E-state index contributed by atoms with van der Waals surface area (Å²) >= 11 is 0.590. The first-order valence-corrected chi connectivity index (χ1v) is 14.5. The predicted molar refractivity (Wildman–Crippen MR) is 154 cm³/mol. The van der Waals surface area contributed by atoms with E-state index in [2.05, 4.69) is 10.6 Å². The molecule has 1 saturated carbocycles. The van der Waals surface area contributed by atoms with E-state index in [9.17, 15) is 45.4 Å². The van der Waals surface area contributed by atoms with Gasteiger partial charge in [-0.2, -0.15) is 26.3 Å². The Morgan fingerprint density at radius 2 is 1.58 bits per heavy atom. The Morgan fingerprint density at radius 1 is 0.867 bits per heavy atom. The molecule has 3 aromatic carbocycles. The number of hydrogen-bond donors (Lipinski definition) is 3. The first kappa shape index (κ1) is 32.2. The number of rotatable bonds is 6. The predicted octanol–water partition coefficient (Wildman–Crippen LogP) is 8.61. The maximum atomic E-state index is 13.8. The fourth-order valence-corrected chi connectivity index (χ4v) is 6.40. The second-order valence-electron chi connectivity index (χ2n) is 10.6. The number of hydrogen-bond acceptors (Lipinski definition) is 5. The summed E-state index contributed by atoms with van der Waals surface area (Å²) in [4.78, 5) is 26.7. The lowest BCUT2D eigenvalue weighted by Crippen LogP contribution is -2.19. The van der Waals surface area contributed by atoms with Crippen molar-refractivity contribution in [1.29, 1.82) is 0 Å². The summed E-state index contributed by atoms with van der Waals surface area (Å²) in [5.41, 5.74) is -2.34. The third-order valence-corrected chi connectivity index (χ3v) is 8.78. The van der Waals surface area contributed by atoms with Crippen molar-refractivity contribution in [3.63, 3.8) is 0 Å². The first-order valence-electron chi connectivity index (χ1n) is 13.6. The van der Waals surface area contributed by atoms with Gasteiger partial charge in [-0.1, -0.05) is 12.1 Å². The van der Waals surface area contributed by atoms with Crippen LogP contribution in [0.3, 0.4) is 0 Å². The van der Waals surface area contributed by atoms with E-state index < -0.39 is 52.9 Å². The van der Waals surface area contributed by atoms with Crippen molar-refractivity contribution in [1.82, 2.24) is 0 Å². The third-order valence-electron chi connectivity index (χ3n) is 7.63. The number of alkyl halides is 6. The summed E-state index contributed by atoms with van der Waals surface area (Å²) < 4.78 is 99.3. The van der Waals surface area contributed by atoms with Gasteiger partial charge in [-0.3, -0.25) is 9.59 Å². The van der Waals surface area contributed by atoms with Gasteiger partial charge in [-0.15, -0.1) is 11.3 Å². The SMILES string of the molecule is COc1ccc(C2CCC(O)CC2)cc1C(=O)Nc1c(C(=O)Nc2ccc(F)c(C(F)(F)F)c2)sc2cc(C(F)(F)F)ccc12. The van der Waals surface area contributed by atoms with E-state index >= 15 is 0 Å². The molecular weight excluding hydrogens is 629 g/mol. The van der Waals surface area contributed by atoms with Gasteiger partial charge in [0, 0.05) is 15.8 Å². The van der Waals surface area contributed by atoms with Gasteiger partial charge in [0.15, 0.2) is 0 Å². The molecule has 0 aliphatic heterocycles. The molecular formula is C31H25F7N2O4S. The molecule has 6 nitrogen and oxygen atoms in total. The Labute approximate surface area is 255 Å². The topological polar surface area (TPSA) is 87.7 Å². The van der Waals surface area contributed by atoms with Gasteiger partial charge in [0.2, 0.25) is 0 Å². The quantitative estimate of drug-likeness (QED) is 0.182. The third kappa shape index (κ3) is 6.91. The molecule has 45 heavy (non-hydrogen) atoms. The van der Waals surface area contributed by atoms with Gasteiger partial charge < -0.3 is 20.5 Å². The zero-order chi connectivity index (χ0) is 32.7. The highest BCUT2D eigenvalue weighted by atomic mass is 32.1. The highest BCUT2D eigenvalue weighted by Crippen LogP contribution is 2.41. The van der Waals surface area contributed by atoms with Crippen LogP contribution in [0.5, 0.6) is 5.75 Å². The number of carbonyl (C=O) groups is 2. The summed E-state index contributed by atoms with van der Waals surface area (Å²) in [5.74, 6) is -3.11. The Hall–Kier alpha value is -4.17. The van der Waals surface area contributed by atoms with Crippen LogP contribution in [0.1, 0.15) is 68.3 Å². The average molecular weight is 655 g/mol. The highest BCUT2D eigenvalue weighted by molar-refractivity contribution is 7.21. The van der Waals surface area contributed by atoms with Crippen molar-refractivity contribution in [2.24, 2.45) is 0 Å². The van der Waals surface area contributed by atoms with E-state index in [0.29, 0.717) is 49.2 Å². The molecule has 0 saturated heterocycles. The second-order valence-corrected chi connectivity index (χ2v) is 11.6. The van der Waals surface area contributed by atoms with E-state index in [-0.39, 0.29) is 37.9 Å². The number of thiophene rings is 1. The van der Waals surface area contributed by atoms with Gasteiger partial charge in [-0.25, -0.2) is 4.39 Å². The van der Waals surface area contributed by atoms with Crippen LogP contribution < -0.4 is 15.4 Å². The van der Waals surface area contributed by atoms with Crippen molar-refractivity contribution >= 4 is 44.6 Å². The minimum atomic E-state index is -5.05. The van der Waals surface area contributed by atoms with Crippen LogP contribution in [0, 0.1) is 5.82 Å². The molecule has 4 aromatic rings. The lowest BCUT2D eigenvalue weighted by molar-refractivity contribution is -0.140. The number of fused-ring (bicyclic) bond motifs is 1. The number of nitrogens with one attached hydrogen (secondary N) is 2. The largest absolute Gasteiger partial charge is 0.496 e. The van der Waals surface area contributed by atoms with Gasteiger partial charge in [0.05, 0.1) is 35.6 Å².